The molecule has 0 N–H and O–H groups in total. The van der Waals surface area contributed by atoms with Crippen molar-refractivity contribution in [1.82, 2.24) is 0 Å². The Bertz CT molecular complexity index is 1190. The topological polar surface area (TPSA) is 18.5 Å². The first-order valence-corrected chi connectivity index (χ1v) is 10.2. The van der Waals surface area contributed by atoms with Crippen molar-refractivity contribution in [3.8, 4) is 34.1 Å². The Hall–Kier alpha value is -3.52. The quantitative estimate of drug-likeness (QED) is 0.340. The fourth-order valence-corrected chi connectivity index (χ4v) is 3.34. The minimum Gasteiger partial charge on any atom is -0.457 e. The highest BCUT2D eigenvalue weighted by molar-refractivity contribution is 5.72. The Morgan fingerprint density at radius 2 is 1.07 bits per heavy atom. The van der Waals surface area contributed by atoms with Crippen LogP contribution < -0.4 is 9.47 Å². The van der Waals surface area contributed by atoms with E-state index in [2.05, 4.69) is 70.2 Å². The molecule has 4 aromatic carbocycles. The zero-order chi connectivity index (χ0) is 21.1. The maximum Gasteiger partial charge on any atom is 0.135 e. The summed E-state index contributed by atoms with van der Waals surface area (Å²) in [6.07, 6.45) is 0. The molecule has 0 saturated heterocycles. The van der Waals surface area contributed by atoms with Crippen LogP contribution in [0.25, 0.3) is 11.1 Å². The number of para-hydroxylation sites is 1. The summed E-state index contributed by atoms with van der Waals surface area (Å²) in [5.74, 6) is 3.31. The van der Waals surface area contributed by atoms with Gasteiger partial charge in [0.25, 0.3) is 0 Å². The van der Waals surface area contributed by atoms with Crippen LogP contribution in [0, 0.1) is 27.7 Å². The Morgan fingerprint density at radius 1 is 0.467 bits per heavy atom. The summed E-state index contributed by atoms with van der Waals surface area (Å²) in [5, 5.41) is 0. The van der Waals surface area contributed by atoms with Crippen LogP contribution in [0.4, 0.5) is 0 Å². The van der Waals surface area contributed by atoms with E-state index in [4.69, 9.17) is 9.47 Å². The molecule has 30 heavy (non-hydrogen) atoms. The van der Waals surface area contributed by atoms with E-state index >= 15 is 0 Å². The van der Waals surface area contributed by atoms with Gasteiger partial charge in [0.15, 0.2) is 0 Å². The molecule has 4 rings (SSSR count). The molecule has 0 spiro atoms. The molecule has 4 aromatic rings. The zero-order valence-electron chi connectivity index (χ0n) is 17.9. The average molecular weight is 395 g/mol. The normalized spacial score (nSPS) is 10.7. The molecule has 0 amide bonds. The van der Waals surface area contributed by atoms with Crippen molar-refractivity contribution in [2.45, 2.75) is 27.7 Å². The van der Waals surface area contributed by atoms with Gasteiger partial charge in [0, 0.05) is 5.56 Å². The van der Waals surface area contributed by atoms with Gasteiger partial charge < -0.3 is 9.47 Å². The van der Waals surface area contributed by atoms with Crippen LogP contribution in [0.1, 0.15) is 22.3 Å². The van der Waals surface area contributed by atoms with Crippen LogP contribution in [0.15, 0.2) is 84.9 Å². The van der Waals surface area contributed by atoms with Gasteiger partial charge >= 0.3 is 0 Å². The lowest BCUT2D eigenvalue weighted by molar-refractivity contribution is 0.481. The zero-order valence-corrected chi connectivity index (χ0v) is 17.9. The standard InChI is InChI=1S/C28H26O2/c1-19-12-14-25(16-21(19)3)29-24-9-7-8-23(18-24)27-10-5-6-11-28(27)30-26-15-13-20(2)22(4)17-26/h5-18H,1-4H3. The first-order chi connectivity index (χ1) is 14.5. The maximum atomic E-state index is 6.25. The molecule has 0 aliphatic carbocycles. The predicted molar refractivity (Wildman–Crippen MR) is 124 cm³/mol. The molecule has 0 fully saturated rings. The monoisotopic (exact) mass is 394 g/mol. The number of benzene rings is 4. The second kappa shape index (κ2) is 8.46. The van der Waals surface area contributed by atoms with E-state index in [1.807, 2.05) is 42.5 Å². The van der Waals surface area contributed by atoms with Crippen molar-refractivity contribution in [2.75, 3.05) is 0 Å². The van der Waals surface area contributed by atoms with Crippen molar-refractivity contribution in [3.05, 3.63) is 107 Å². The summed E-state index contributed by atoms with van der Waals surface area (Å²) < 4.78 is 12.4. The summed E-state index contributed by atoms with van der Waals surface area (Å²) >= 11 is 0. The van der Waals surface area contributed by atoms with Gasteiger partial charge in [-0.2, -0.15) is 0 Å². The Morgan fingerprint density at radius 3 is 1.73 bits per heavy atom. The van der Waals surface area contributed by atoms with Gasteiger partial charge in [-0.25, -0.2) is 0 Å². The summed E-state index contributed by atoms with van der Waals surface area (Å²) in [5.41, 5.74) is 7.03. The second-order valence-electron chi connectivity index (χ2n) is 7.72. The Balaban J connectivity index is 1.63. The van der Waals surface area contributed by atoms with Gasteiger partial charge in [0.05, 0.1) is 0 Å². The molecule has 0 atom stereocenters. The fraction of sp³-hybridized carbons (Fsp3) is 0.143. The molecular formula is C28H26O2. The van der Waals surface area contributed by atoms with E-state index in [0.29, 0.717) is 0 Å². The molecule has 0 aliphatic heterocycles. The minimum absolute atomic E-state index is 0.803. The van der Waals surface area contributed by atoms with Gasteiger partial charge in [0.1, 0.15) is 23.0 Å². The van der Waals surface area contributed by atoms with Crippen molar-refractivity contribution in [3.63, 3.8) is 0 Å². The third-order valence-electron chi connectivity index (χ3n) is 5.45. The van der Waals surface area contributed by atoms with Crippen LogP contribution in [0.3, 0.4) is 0 Å². The lowest BCUT2D eigenvalue weighted by Crippen LogP contribution is -1.91. The molecule has 0 heterocycles. The molecule has 0 saturated carbocycles. The number of aryl methyl sites for hydroxylation is 4. The molecule has 0 aliphatic rings. The number of rotatable bonds is 5. The highest BCUT2D eigenvalue weighted by Crippen LogP contribution is 2.36. The van der Waals surface area contributed by atoms with E-state index in [1.54, 1.807) is 0 Å². The first-order valence-electron chi connectivity index (χ1n) is 10.2. The lowest BCUT2D eigenvalue weighted by Gasteiger charge is -2.14. The molecule has 0 unspecified atom stereocenters. The van der Waals surface area contributed by atoms with Gasteiger partial charge in [-0.05, 0) is 98.0 Å². The van der Waals surface area contributed by atoms with Gasteiger partial charge in [-0.3, -0.25) is 0 Å². The van der Waals surface area contributed by atoms with E-state index in [9.17, 15) is 0 Å². The van der Waals surface area contributed by atoms with Crippen molar-refractivity contribution in [1.29, 1.82) is 0 Å². The van der Waals surface area contributed by atoms with Crippen LogP contribution in [-0.4, -0.2) is 0 Å². The highest BCUT2D eigenvalue weighted by Gasteiger charge is 2.09. The highest BCUT2D eigenvalue weighted by atomic mass is 16.5. The molecule has 150 valence electrons. The van der Waals surface area contributed by atoms with Gasteiger partial charge in [0.2, 0.25) is 0 Å². The van der Waals surface area contributed by atoms with Crippen LogP contribution in [-0.2, 0) is 0 Å². The van der Waals surface area contributed by atoms with E-state index < -0.39 is 0 Å². The molecule has 2 heteroatoms. The third-order valence-corrected chi connectivity index (χ3v) is 5.45. The van der Waals surface area contributed by atoms with Gasteiger partial charge in [-0.15, -0.1) is 0 Å². The van der Waals surface area contributed by atoms with Crippen molar-refractivity contribution in [2.24, 2.45) is 0 Å². The SMILES string of the molecule is Cc1ccc(Oc2cccc(-c3ccccc3Oc3ccc(C)c(C)c3)c2)cc1C. The third kappa shape index (κ3) is 4.38. The first kappa shape index (κ1) is 19.8. The van der Waals surface area contributed by atoms with Gasteiger partial charge in [-0.1, -0.05) is 42.5 Å². The van der Waals surface area contributed by atoms with E-state index in [1.165, 1.54) is 22.3 Å². The van der Waals surface area contributed by atoms with E-state index in [-0.39, 0.29) is 0 Å². The molecule has 2 nitrogen and oxygen atoms in total. The van der Waals surface area contributed by atoms with Crippen LogP contribution in [0.2, 0.25) is 0 Å². The average Bonchev–Trinajstić information content (AvgIpc) is 2.74. The predicted octanol–water partition coefficient (Wildman–Crippen LogP) is 8.17. The maximum absolute atomic E-state index is 6.25. The molecule has 0 bridgehead atoms. The summed E-state index contributed by atoms with van der Waals surface area (Å²) in [4.78, 5) is 0. The van der Waals surface area contributed by atoms with E-state index in [0.717, 1.165) is 34.1 Å². The largest absolute Gasteiger partial charge is 0.457 e. The Labute approximate surface area is 178 Å². The number of hydrogen-bond donors (Lipinski definition) is 0. The number of ether oxygens (including phenoxy) is 2. The molecular weight excluding hydrogens is 368 g/mol. The summed E-state index contributed by atoms with van der Waals surface area (Å²) in [7, 11) is 0. The minimum atomic E-state index is 0.803. The lowest BCUT2D eigenvalue weighted by atomic mass is 10.0. The molecule has 0 radical (unpaired) electrons. The van der Waals surface area contributed by atoms with Crippen LogP contribution in [0.5, 0.6) is 23.0 Å². The van der Waals surface area contributed by atoms with Crippen molar-refractivity contribution < 1.29 is 9.47 Å². The summed E-state index contributed by atoms with van der Waals surface area (Å²) in [6.45, 7) is 8.40. The fourth-order valence-electron chi connectivity index (χ4n) is 3.34. The molecule has 0 aromatic heterocycles. The van der Waals surface area contributed by atoms with Crippen molar-refractivity contribution >= 4 is 0 Å². The van der Waals surface area contributed by atoms with Crippen LogP contribution >= 0.6 is 0 Å². The summed E-state index contributed by atoms with van der Waals surface area (Å²) in [6, 6.07) is 28.6. The smallest absolute Gasteiger partial charge is 0.135 e. The number of hydrogen-bond acceptors (Lipinski definition) is 2. The second-order valence-corrected chi connectivity index (χ2v) is 7.72. The Kier molecular flexibility index (Phi) is 5.58.